The quantitative estimate of drug-likeness (QED) is 0.547. The van der Waals surface area contributed by atoms with Crippen molar-refractivity contribution < 1.29 is 9.13 Å². The molecule has 0 aliphatic rings. The minimum absolute atomic E-state index is 0.255. The van der Waals surface area contributed by atoms with Crippen LogP contribution in [0.5, 0.6) is 5.75 Å². The molecule has 0 heterocycles. The van der Waals surface area contributed by atoms with Crippen molar-refractivity contribution in [1.29, 1.82) is 0 Å². The fraction of sp³-hybridized carbons (Fsp3) is 0.647. The number of halogens is 1. The predicted molar refractivity (Wildman–Crippen MR) is 79.6 cm³/mol. The van der Waals surface area contributed by atoms with Gasteiger partial charge in [0.05, 0.1) is 13.3 Å². The van der Waals surface area contributed by atoms with E-state index in [1.807, 2.05) is 12.1 Å². The van der Waals surface area contributed by atoms with E-state index >= 15 is 0 Å². The Morgan fingerprint density at radius 1 is 1.11 bits per heavy atom. The van der Waals surface area contributed by atoms with E-state index in [1.54, 1.807) is 0 Å². The number of ether oxygens (including phenoxy) is 1. The molecule has 0 amide bonds. The zero-order chi connectivity index (χ0) is 14.1. The highest BCUT2D eigenvalue weighted by Crippen LogP contribution is 2.28. The average Bonchev–Trinajstić information content (AvgIpc) is 2.44. The van der Waals surface area contributed by atoms with Crippen LogP contribution in [0.4, 0.5) is 4.39 Å². The van der Waals surface area contributed by atoms with Crippen molar-refractivity contribution >= 4 is 0 Å². The third-order valence-corrected chi connectivity index (χ3v) is 3.80. The Bertz CT molecular complexity index is 334. The summed E-state index contributed by atoms with van der Waals surface area (Å²) in [7, 11) is 0. The minimum atomic E-state index is -0.255. The van der Waals surface area contributed by atoms with Crippen LogP contribution in [0.25, 0.3) is 0 Å². The van der Waals surface area contributed by atoms with Crippen molar-refractivity contribution in [2.75, 3.05) is 13.3 Å². The molecular formula is C17H27FO. The van der Waals surface area contributed by atoms with E-state index in [9.17, 15) is 4.39 Å². The fourth-order valence-corrected chi connectivity index (χ4v) is 2.29. The molecule has 108 valence electrons. The van der Waals surface area contributed by atoms with Gasteiger partial charge < -0.3 is 4.74 Å². The first-order valence-electron chi connectivity index (χ1n) is 7.47. The monoisotopic (exact) mass is 266 g/mol. The van der Waals surface area contributed by atoms with Crippen molar-refractivity contribution in [2.45, 2.75) is 52.4 Å². The molecule has 0 spiro atoms. The molecule has 1 aromatic carbocycles. The second kappa shape index (κ2) is 8.95. The maximum absolute atomic E-state index is 11.9. The zero-order valence-corrected chi connectivity index (χ0v) is 12.5. The SMILES string of the molecule is CCCC(C)C(C)c1ccc(OCCCCF)cc1. The van der Waals surface area contributed by atoms with Crippen molar-refractivity contribution in [1.82, 2.24) is 0 Å². The fourth-order valence-electron chi connectivity index (χ4n) is 2.29. The van der Waals surface area contributed by atoms with Crippen LogP contribution in [-0.2, 0) is 0 Å². The second-order valence-electron chi connectivity index (χ2n) is 5.37. The van der Waals surface area contributed by atoms with Gasteiger partial charge in [0.2, 0.25) is 0 Å². The molecule has 0 saturated carbocycles. The first-order chi connectivity index (χ1) is 9.19. The number of hydrogen-bond acceptors (Lipinski definition) is 1. The normalized spacial score (nSPS) is 14.1. The van der Waals surface area contributed by atoms with Crippen molar-refractivity contribution in [3.05, 3.63) is 29.8 Å². The highest BCUT2D eigenvalue weighted by Gasteiger charge is 2.13. The Kier molecular flexibility index (Phi) is 7.54. The number of hydrogen-bond donors (Lipinski definition) is 0. The smallest absolute Gasteiger partial charge is 0.119 e. The number of unbranched alkanes of at least 4 members (excludes halogenated alkanes) is 1. The molecule has 0 saturated heterocycles. The lowest BCUT2D eigenvalue weighted by Gasteiger charge is -2.20. The molecule has 0 bridgehead atoms. The van der Waals surface area contributed by atoms with Gasteiger partial charge in [-0.25, -0.2) is 0 Å². The Morgan fingerprint density at radius 3 is 2.37 bits per heavy atom. The number of rotatable bonds is 9. The van der Waals surface area contributed by atoms with E-state index in [0.717, 1.165) is 12.2 Å². The van der Waals surface area contributed by atoms with Crippen molar-refractivity contribution in [3.8, 4) is 5.75 Å². The van der Waals surface area contributed by atoms with Gasteiger partial charge in [0.15, 0.2) is 0 Å². The maximum atomic E-state index is 11.9. The summed E-state index contributed by atoms with van der Waals surface area (Å²) in [6.45, 7) is 7.19. The molecule has 2 heteroatoms. The predicted octanol–water partition coefficient (Wildman–Crippen LogP) is 5.35. The molecule has 1 rings (SSSR count). The van der Waals surface area contributed by atoms with Gasteiger partial charge in [0.1, 0.15) is 5.75 Å². The molecule has 0 aromatic heterocycles. The largest absolute Gasteiger partial charge is 0.494 e. The maximum Gasteiger partial charge on any atom is 0.119 e. The summed E-state index contributed by atoms with van der Waals surface area (Å²) in [5, 5.41) is 0. The summed E-state index contributed by atoms with van der Waals surface area (Å²) >= 11 is 0. The lowest BCUT2D eigenvalue weighted by Crippen LogP contribution is -2.06. The van der Waals surface area contributed by atoms with Gasteiger partial charge in [-0.3, -0.25) is 4.39 Å². The summed E-state index contributed by atoms with van der Waals surface area (Å²) in [5.41, 5.74) is 1.37. The highest BCUT2D eigenvalue weighted by atomic mass is 19.1. The van der Waals surface area contributed by atoms with E-state index in [-0.39, 0.29) is 6.67 Å². The van der Waals surface area contributed by atoms with Crippen LogP contribution in [0.15, 0.2) is 24.3 Å². The molecular weight excluding hydrogens is 239 g/mol. The third kappa shape index (κ3) is 5.63. The highest BCUT2D eigenvalue weighted by molar-refractivity contribution is 5.29. The average molecular weight is 266 g/mol. The number of benzene rings is 1. The topological polar surface area (TPSA) is 9.23 Å². The Morgan fingerprint density at radius 2 is 1.79 bits per heavy atom. The van der Waals surface area contributed by atoms with Gasteiger partial charge in [-0.1, -0.05) is 45.7 Å². The van der Waals surface area contributed by atoms with E-state index < -0.39 is 0 Å². The molecule has 2 unspecified atom stereocenters. The summed E-state index contributed by atoms with van der Waals surface area (Å²) in [6, 6.07) is 8.36. The Labute approximate surface area is 117 Å². The molecule has 0 aliphatic heterocycles. The van der Waals surface area contributed by atoms with Crippen molar-refractivity contribution in [3.63, 3.8) is 0 Å². The van der Waals surface area contributed by atoms with Gasteiger partial charge in [-0.15, -0.1) is 0 Å². The first kappa shape index (κ1) is 16.0. The molecule has 1 aromatic rings. The van der Waals surface area contributed by atoms with Gasteiger partial charge in [0, 0.05) is 0 Å². The molecule has 2 atom stereocenters. The molecule has 19 heavy (non-hydrogen) atoms. The second-order valence-corrected chi connectivity index (χ2v) is 5.37. The summed E-state index contributed by atoms with van der Waals surface area (Å²) in [5.74, 6) is 2.18. The van der Waals surface area contributed by atoms with Crippen LogP contribution < -0.4 is 4.74 Å². The Hall–Kier alpha value is -1.05. The van der Waals surface area contributed by atoms with Crippen LogP contribution in [-0.4, -0.2) is 13.3 Å². The summed E-state index contributed by atoms with van der Waals surface area (Å²) in [6.07, 6.45) is 3.87. The van der Waals surface area contributed by atoms with Crippen LogP contribution in [0, 0.1) is 5.92 Å². The van der Waals surface area contributed by atoms with Crippen LogP contribution >= 0.6 is 0 Å². The van der Waals surface area contributed by atoms with Crippen LogP contribution in [0.3, 0.4) is 0 Å². The molecule has 0 radical (unpaired) electrons. The molecule has 0 N–H and O–H groups in total. The number of alkyl halides is 1. The zero-order valence-electron chi connectivity index (χ0n) is 12.5. The summed E-state index contributed by atoms with van der Waals surface area (Å²) < 4.78 is 17.5. The summed E-state index contributed by atoms with van der Waals surface area (Å²) in [4.78, 5) is 0. The third-order valence-electron chi connectivity index (χ3n) is 3.80. The van der Waals surface area contributed by atoms with Crippen LogP contribution in [0.1, 0.15) is 57.9 Å². The van der Waals surface area contributed by atoms with E-state index in [0.29, 0.717) is 24.9 Å². The molecule has 1 nitrogen and oxygen atoms in total. The minimum Gasteiger partial charge on any atom is -0.494 e. The van der Waals surface area contributed by atoms with E-state index in [1.165, 1.54) is 18.4 Å². The van der Waals surface area contributed by atoms with Gasteiger partial charge in [-0.05, 0) is 42.4 Å². The molecule has 0 aliphatic carbocycles. The van der Waals surface area contributed by atoms with Gasteiger partial charge >= 0.3 is 0 Å². The van der Waals surface area contributed by atoms with Crippen LogP contribution in [0.2, 0.25) is 0 Å². The van der Waals surface area contributed by atoms with E-state index in [4.69, 9.17) is 4.74 Å². The lowest BCUT2D eigenvalue weighted by atomic mass is 9.86. The first-order valence-corrected chi connectivity index (χ1v) is 7.47. The van der Waals surface area contributed by atoms with E-state index in [2.05, 4.69) is 32.9 Å². The van der Waals surface area contributed by atoms with Gasteiger partial charge in [0.25, 0.3) is 0 Å². The standard InChI is InChI=1S/C17H27FO/c1-4-7-14(2)15(3)16-8-10-17(11-9-16)19-13-6-5-12-18/h8-11,14-15H,4-7,12-13H2,1-3H3. The Balaban J connectivity index is 2.46. The van der Waals surface area contributed by atoms with Gasteiger partial charge in [-0.2, -0.15) is 0 Å². The lowest BCUT2D eigenvalue weighted by molar-refractivity contribution is 0.297. The molecule has 0 fully saturated rings. The van der Waals surface area contributed by atoms with Crippen molar-refractivity contribution in [2.24, 2.45) is 5.92 Å².